The predicted octanol–water partition coefficient (Wildman–Crippen LogP) is 5.55. The molecule has 5 rings (SSSR count). The molecule has 10 nitrogen and oxygen atoms in total. The van der Waals surface area contributed by atoms with Gasteiger partial charge in [0.1, 0.15) is 5.71 Å². The molecule has 0 bridgehead atoms. The van der Waals surface area contributed by atoms with Crippen molar-refractivity contribution in [3.63, 3.8) is 0 Å². The number of aromatic nitrogens is 2. The maximum Gasteiger partial charge on any atom is 0.327 e. The highest BCUT2D eigenvalue weighted by atomic mass is 32.2. The van der Waals surface area contributed by atoms with Crippen LogP contribution in [0.25, 0.3) is 0 Å². The molecule has 2 aromatic heterocycles. The van der Waals surface area contributed by atoms with Crippen LogP contribution in [0, 0.1) is 0 Å². The van der Waals surface area contributed by atoms with E-state index in [1.54, 1.807) is 6.20 Å². The molecule has 5 heterocycles. The average molecular weight is 625 g/mol. The second-order valence-corrected chi connectivity index (χ2v) is 14.5. The van der Waals surface area contributed by atoms with E-state index in [-0.39, 0.29) is 37.2 Å². The van der Waals surface area contributed by atoms with Crippen molar-refractivity contribution >= 4 is 43.3 Å². The number of aliphatic imine (C=N–C) groups is 2. The number of pyridine rings is 2. The van der Waals surface area contributed by atoms with Gasteiger partial charge in [-0.25, -0.2) is 23.0 Å². The maximum atomic E-state index is 10.6. The van der Waals surface area contributed by atoms with Crippen molar-refractivity contribution in [3.05, 3.63) is 47.8 Å². The van der Waals surface area contributed by atoms with Crippen LogP contribution < -0.4 is 4.57 Å². The van der Waals surface area contributed by atoms with Crippen LogP contribution in [0.15, 0.2) is 46.6 Å². The van der Waals surface area contributed by atoms with Crippen LogP contribution in [-0.2, 0) is 41.8 Å². The fourth-order valence-electron chi connectivity index (χ4n) is 4.48. The highest BCUT2D eigenvalue weighted by molar-refractivity contribution is 7.86. The first-order valence-electron chi connectivity index (χ1n) is 13.5. The van der Waals surface area contributed by atoms with Crippen LogP contribution in [-0.4, -0.2) is 55.9 Å². The maximum absolute atomic E-state index is 10.6. The first-order valence-corrected chi connectivity index (χ1v) is 16.6. The van der Waals surface area contributed by atoms with Crippen molar-refractivity contribution in [2.24, 2.45) is 9.98 Å². The van der Waals surface area contributed by atoms with Crippen LogP contribution in [0.5, 0.6) is 0 Å². The third-order valence-corrected chi connectivity index (χ3v) is 9.73. The van der Waals surface area contributed by atoms with Gasteiger partial charge in [-0.05, 0) is 76.6 Å². The van der Waals surface area contributed by atoms with Gasteiger partial charge in [0.2, 0.25) is 0 Å². The van der Waals surface area contributed by atoms with Crippen LogP contribution in [0.1, 0.15) is 93.2 Å². The summed E-state index contributed by atoms with van der Waals surface area (Å²) in [4.78, 5) is 13.3. The van der Waals surface area contributed by atoms with Gasteiger partial charge in [0, 0.05) is 28.6 Å². The van der Waals surface area contributed by atoms with Gasteiger partial charge in [-0.1, -0.05) is 34.8 Å². The summed E-state index contributed by atoms with van der Waals surface area (Å²) in [5.41, 5.74) is 4.67. The van der Waals surface area contributed by atoms with E-state index < -0.39 is 20.2 Å². The SMILES string of the molecule is C.C.CC1=Nc2c(ccc[n+]2CCCCS(=O)(=O)[O-])C1(C)C.CC1=Nc2ncccc2C1(C)C.O=S1(=O)CCCCO1. The summed E-state index contributed by atoms with van der Waals surface area (Å²) < 4.78 is 59.0. The molecule has 0 atom stereocenters. The molecule has 2 aromatic rings. The first-order chi connectivity index (χ1) is 18.5. The van der Waals surface area contributed by atoms with Crippen molar-refractivity contribution < 1.29 is 30.1 Å². The number of hydrogen-bond donors (Lipinski definition) is 0. The molecule has 0 unspecified atom stereocenters. The molecule has 12 heteroatoms. The molecule has 3 aliphatic heterocycles. The highest BCUT2D eigenvalue weighted by Crippen LogP contribution is 2.38. The fourth-order valence-corrected chi connectivity index (χ4v) is 6.09. The van der Waals surface area contributed by atoms with Crippen LogP contribution in [0.2, 0.25) is 0 Å². The van der Waals surface area contributed by atoms with Crippen molar-refractivity contribution in [1.29, 1.82) is 0 Å². The summed E-state index contributed by atoms with van der Waals surface area (Å²) >= 11 is 0. The fraction of sp³-hybridized carbons (Fsp3) is 0.600. The molecule has 3 aliphatic rings. The lowest BCUT2D eigenvalue weighted by Crippen LogP contribution is -2.35. The Morgan fingerprint density at radius 3 is 2.12 bits per heavy atom. The Balaban J connectivity index is 0.000000341. The number of fused-ring (bicyclic) bond motifs is 2. The predicted molar refractivity (Wildman–Crippen MR) is 169 cm³/mol. The molecule has 0 aliphatic carbocycles. The Kier molecular flexibility index (Phi) is 13.2. The normalized spacial score (nSPS) is 18.6. The standard InChI is InChI=1S/C14H20N2O3S.C10H12N2.C4H8O3S.2CH4/c1-11-14(2,3)12-7-6-9-16(13(12)15-11)8-4-5-10-20(17,18)19;1-7-10(2,3)8-5-4-6-11-9(8)12-7;5-8(6)4-2-1-3-7-8;;/h6-7,9H,4-5,8,10H2,1-3H3;4-6H,1-3H3;1-4H2;2*1H4. The minimum absolute atomic E-state index is 0. The molecule has 1 saturated heterocycles. The highest BCUT2D eigenvalue weighted by Gasteiger charge is 2.40. The molecule has 0 saturated carbocycles. The monoisotopic (exact) mass is 624 g/mol. The molecule has 0 radical (unpaired) electrons. The zero-order chi connectivity index (χ0) is 29.8. The van der Waals surface area contributed by atoms with E-state index in [4.69, 9.17) is 0 Å². The summed E-state index contributed by atoms with van der Waals surface area (Å²) in [5.74, 6) is 1.74. The number of rotatable bonds is 5. The topological polar surface area (TPSA) is 142 Å². The van der Waals surface area contributed by atoms with Gasteiger partial charge >= 0.3 is 5.82 Å². The van der Waals surface area contributed by atoms with Crippen molar-refractivity contribution in [3.8, 4) is 0 Å². The minimum Gasteiger partial charge on any atom is -0.748 e. The Bertz CT molecular complexity index is 1490. The van der Waals surface area contributed by atoms with Crippen LogP contribution >= 0.6 is 0 Å². The zero-order valence-electron chi connectivity index (χ0n) is 24.2. The lowest BCUT2D eigenvalue weighted by Gasteiger charge is -2.18. The summed E-state index contributed by atoms with van der Waals surface area (Å²) in [6.45, 7) is 13.8. The zero-order valence-corrected chi connectivity index (χ0v) is 25.8. The number of aryl methyl sites for hydroxylation is 1. The van der Waals surface area contributed by atoms with E-state index in [2.05, 4.69) is 65.9 Å². The molecule has 1 fully saturated rings. The molecule has 236 valence electrons. The van der Waals surface area contributed by atoms with Gasteiger partial charge in [0.15, 0.2) is 5.82 Å². The minimum atomic E-state index is -4.10. The molecule has 0 amide bonds. The van der Waals surface area contributed by atoms with E-state index in [1.165, 1.54) is 11.1 Å². The van der Waals surface area contributed by atoms with E-state index in [9.17, 15) is 21.4 Å². The summed E-state index contributed by atoms with van der Waals surface area (Å²) in [7, 11) is -7.19. The quantitative estimate of drug-likeness (QED) is 0.184. The van der Waals surface area contributed by atoms with Crippen LogP contribution in [0.4, 0.5) is 11.6 Å². The second-order valence-electron chi connectivity index (χ2n) is 11.2. The molecule has 42 heavy (non-hydrogen) atoms. The van der Waals surface area contributed by atoms with Crippen molar-refractivity contribution in [1.82, 2.24) is 4.98 Å². The van der Waals surface area contributed by atoms with E-state index >= 15 is 0 Å². The number of nitrogens with zero attached hydrogens (tertiary/aromatic N) is 4. The van der Waals surface area contributed by atoms with Gasteiger partial charge in [0.05, 0.1) is 46.2 Å². The van der Waals surface area contributed by atoms with Crippen LogP contribution in [0.3, 0.4) is 0 Å². The average Bonchev–Trinajstić information content (AvgIpc) is 3.24. The third kappa shape index (κ3) is 9.48. The smallest absolute Gasteiger partial charge is 0.327 e. The van der Waals surface area contributed by atoms with Gasteiger partial charge in [-0.3, -0.25) is 4.18 Å². The van der Waals surface area contributed by atoms with Crippen molar-refractivity contribution in [2.75, 3.05) is 18.1 Å². The summed E-state index contributed by atoms with van der Waals surface area (Å²) in [6.07, 6.45) is 6.40. The summed E-state index contributed by atoms with van der Waals surface area (Å²) in [6, 6.07) is 8.13. The number of unbranched alkanes of at least 4 members (excludes halogenated alkanes) is 1. The summed E-state index contributed by atoms with van der Waals surface area (Å²) in [5, 5.41) is 0. The van der Waals surface area contributed by atoms with Crippen molar-refractivity contribution in [2.45, 2.75) is 99.5 Å². The molecular formula is C30H48N4O6S2. The molecule has 0 aromatic carbocycles. The Hall–Kier alpha value is -2.54. The lowest BCUT2D eigenvalue weighted by molar-refractivity contribution is -0.684. The Morgan fingerprint density at radius 1 is 0.952 bits per heavy atom. The number of hydrogen-bond acceptors (Lipinski definition) is 9. The van der Waals surface area contributed by atoms with E-state index in [1.807, 2.05) is 29.8 Å². The van der Waals surface area contributed by atoms with Gasteiger partial charge < -0.3 is 4.55 Å². The Labute approximate surface area is 253 Å². The van der Waals surface area contributed by atoms with Gasteiger partial charge in [0.25, 0.3) is 10.1 Å². The molecule has 0 N–H and O–H groups in total. The van der Waals surface area contributed by atoms with Gasteiger partial charge in [-0.2, -0.15) is 8.42 Å². The largest absolute Gasteiger partial charge is 0.748 e. The Morgan fingerprint density at radius 2 is 1.57 bits per heavy atom. The first kappa shape index (κ1) is 37.5. The van der Waals surface area contributed by atoms with Gasteiger partial charge in [-0.15, -0.1) is 0 Å². The lowest BCUT2D eigenvalue weighted by atomic mass is 9.83. The third-order valence-electron chi connectivity index (χ3n) is 7.63. The second kappa shape index (κ2) is 14.8. The molecule has 0 spiro atoms. The van der Waals surface area contributed by atoms with E-state index in [0.717, 1.165) is 35.9 Å². The van der Waals surface area contributed by atoms with E-state index in [0.29, 0.717) is 26.0 Å². The molecular weight excluding hydrogens is 576 g/mol.